The van der Waals surface area contributed by atoms with Crippen molar-refractivity contribution in [2.45, 2.75) is 18.2 Å². The van der Waals surface area contributed by atoms with Crippen LogP contribution in [-0.4, -0.2) is 99.9 Å². The minimum Gasteiger partial charge on any atom is -0.379 e. The van der Waals surface area contributed by atoms with Crippen molar-refractivity contribution < 1.29 is 22.7 Å². The summed E-state index contributed by atoms with van der Waals surface area (Å²) in [5.41, 5.74) is 0.193. The summed E-state index contributed by atoms with van der Waals surface area (Å²) >= 11 is 0. The van der Waals surface area contributed by atoms with Crippen molar-refractivity contribution in [3.63, 3.8) is 0 Å². The predicted octanol–water partition coefficient (Wildman–Crippen LogP) is -0.00850. The third-order valence-electron chi connectivity index (χ3n) is 5.30. The van der Waals surface area contributed by atoms with Gasteiger partial charge in [-0.1, -0.05) is 19.1 Å². The molecule has 3 rings (SSSR count). The zero-order valence-corrected chi connectivity index (χ0v) is 18.2. The number of rotatable bonds is 7. The van der Waals surface area contributed by atoms with E-state index in [2.05, 4.69) is 5.32 Å². The van der Waals surface area contributed by atoms with E-state index in [1.54, 1.807) is 23.1 Å². The quantitative estimate of drug-likeness (QED) is 0.643. The predicted molar refractivity (Wildman–Crippen MR) is 112 cm³/mol. The number of amides is 2. The van der Waals surface area contributed by atoms with Crippen molar-refractivity contribution in [1.82, 2.24) is 19.4 Å². The Balaban J connectivity index is 1.66. The normalized spacial score (nSPS) is 18.9. The molecule has 9 nitrogen and oxygen atoms in total. The summed E-state index contributed by atoms with van der Waals surface area (Å²) in [4.78, 5) is 28.7. The van der Waals surface area contributed by atoms with Gasteiger partial charge in [-0.2, -0.15) is 4.31 Å². The van der Waals surface area contributed by atoms with Gasteiger partial charge in [-0.25, -0.2) is 8.42 Å². The number of carbonyl (C=O) groups excluding carboxylic acids is 2. The summed E-state index contributed by atoms with van der Waals surface area (Å²) in [5, 5.41) is 2.85. The first-order chi connectivity index (χ1) is 14.4. The molecule has 1 aromatic rings. The molecule has 0 spiro atoms. The Morgan fingerprint density at radius 3 is 2.37 bits per heavy atom. The first kappa shape index (κ1) is 22.7. The molecular weight excluding hydrogens is 408 g/mol. The van der Waals surface area contributed by atoms with E-state index in [4.69, 9.17) is 4.74 Å². The fourth-order valence-electron chi connectivity index (χ4n) is 3.60. The largest absolute Gasteiger partial charge is 0.379 e. The van der Waals surface area contributed by atoms with Crippen molar-refractivity contribution >= 4 is 21.8 Å². The maximum absolute atomic E-state index is 13.1. The highest BCUT2D eigenvalue weighted by atomic mass is 32.2. The van der Waals surface area contributed by atoms with E-state index in [-0.39, 0.29) is 35.4 Å². The highest BCUT2D eigenvalue weighted by Crippen LogP contribution is 2.23. The van der Waals surface area contributed by atoms with Crippen LogP contribution in [0.2, 0.25) is 0 Å². The van der Waals surface area contributed by atoms with Crippen molar-refractivity contribution in [1.29, 1.82) is 0 Å². The standard InChI is InChI=1S/C20H30N4O5S/c1-2-7-21-19(25)16-22-8-10-23(11-9-22)20(26)17-5-3-4-6-18(17)30(27,28)24-12-14-29-15-13-24/h3-6H,2,7-16H2,1H3,(H,21,25). The molecule has 1 aromatic carbocycles. The Hall–Kier alpha value is -2.01. The lowest BCUT2D eigenvalue weighted by molar-refractivity contribution is -0.122. The summed E-state index contributed by atoms with van der Waals surface area (Å²) in [6, 6.07) is 6.38. The number of nitrogens with one attached hydrogen (secondary N) is 1. The topological polar surface area (TPSA) is 99.3 Å². The number of hydrogen-bond donors (Lipinski definition) is 1. The van der Waals surface area contributed by atoms with Gasteiger partial charge >= 0.3 is 0 Å². The summed E-state index contributed by atoms with van der Waals surface area (Å²) in [5.74, 6) is -0.309. The highest BCUT2D eigenvalue weighted by molar-refractivity contribution is 7.89. The highest BCUT2D eigenvalue weighted by Gasteiger charge is 2.32. The number of benzene rings is 1. The molecule has 0 unspecified atom stereocenters. The second-order valence-electron chi connectivity index (χ2n) is 7.43. The van der Waals surface area contributed by atoms with E-state index in [1.807, 2.05) is 11.8 Å². The fraction of sp³-hybridized carbons (Fsp3) is 0.600. The minimum atomic E-state index is -3.77. The molecule has 0 saturated carbocycles. The van der Waals surface area contributed by atoms with Crippen LogP contribution in [0.1, 0.15) is 23.7 Å². The second kappa shape index (κ2) is 10.3. The number of hydrogen-bond acceptors (Lipinski definition) is 6. The summed E-state index contributed by atoms with van der Waals surface area (Å²) in [7, 11) is -3.77. The number of sulfonamides is 1. The van der Waals surface area contributed by atoms with Crippen molar-refractivity contribution in [3.8, 4) is 0 Å². The number of piperazine rings is 1. The first-order valence-corrected chi connectivity index (χ1v) is 11.8. The van der Waals surface area contributed by atoms with Crippen LogP contribution in [0.4, 0.5) is 0 Å². The van der Waals surface area contributed by atoms with Gasteiger partial charge in [-0.05, 0) is 18.6 Å². The molecule has 0 atom stereocenters. The Kier molecular flexibility index (Phi) is 7.81. The van der Waals surface area contributed by atoms with Gasteiger partial charge in [0.1, 0.15) is 0 Å². The average molecular weight is 439 g/mol. The smallest absolute Gasteiger partial charge is 0.255 e. The van der Waals surface area contributed by atoms with Gasteiger partial charge in [0, 0.05) is 45.8 Å². The van der Waals surface area contributed by atoms with Crippen LogP contribution in [0, 0.1) is 0 Å². The van der Waals surface area contributed by atoms with Gasteiger partial charge in [0.15, 0.2) is 0 Å². The minimum absolute atomic E-state index is 0.0152. The van der Waals surface area contributed by atoms with E-state index < -0.39 is 10.0 Å². The SMILES string of the molecule is CCCNC(=O)CN1CCN(C(=O)c2ccccc2S(=O)(=O)N2CCOCC2)CC1. The molecule has 2 aliphatic heterocycles. The van der Waals surface area contributed by atoms with E-state index in [0.29, 0.717) is 52.5 Å². The number of morpholine rings is 1. The van der Waals surface area contributed by atoms with Crippen molar-refractivity contribution in [2.75, 3.05) is 65.6 Å². The van der Waals surface area contributed by atoms with Gasteiger partial charge in [-0.15, -0.1) is 0 Å². The molecule has 30 heavy (non-hydrogen) atoms. The Morgan fingerprint density at radius 2 is 1.70 bits per heavy atom. The van der Waals surface area contributed by atoms with Crippen LogP contribution in [0.15, 0.2) is 29.2 Å². The lowest BCUT2D eigenvalue weighted by Crippen LogP contribution is -2.51. The van der Waals surface area contributed by atoms with E-state index in [0.717, 1.165) is 6.42 Å². The van der Waals surface area contributed by atoms with E-state index in [9.17, 15) is 18.0 Å². The maximum atomic E-state index is 13.1. The molecular formula is C20H30N4O5S. The van der Waals surface area contributed by atoms with Crippen LogP contribution >= 0.6 is 0 Å². The van der Waals surface area contributed by atoms with Crippen LogP contribution in [0.3, 0.4) is 0 Å². The maximum Gasteiger partial charge on any atom is 0.255 e. The number of ether oxygens (including phenoxy) is 1. The molecule has 0 aliphatic carbocycles. The summed E-state index contributed by atoms with van der Waals surface area (Å²) < 4.78 is 32.8. The van der Waals surface area contributed by atoms with Gasteiger partial charge < -0.3 is 15.0 Å². The lowest BCUT2D eigenvalue weighted by Gasteiger charge is -2.35. The van der Waals surface area contributed by atoms with Gasteiger partial charge in [0.05, 0.1) is 30.2 Å². The van der Waals surface area contributed by atoms with Crippen molar-refractivity contribution in [2.24, 2.45) is 0 Å². The molecule has 166 valence electrons. The molecule has 1 N–H and O–H groups in total. The molecule has 10 heteroatoms. The third-order valence-corrected chi connectivity index (χ3v) is 7.26. The number of nitrogens with zero attached hydrogens (tertiary/aromatic N) is 3. The van der Waals surface area contributed by atoms with Crippen LogP contribution in [0.25, 0.3) is 0 Å². The van der Waals surface area contributed by atoms with Gasteiger partial charge in [0.25, 0.3) is 5.91 Å². The van der Waals surface area contributed by atoms with Gasteiger partial charge in [0.2, 0.25) is 15.9 Å². The lowest BCUT2D eigenvalue weighted by atomic mass is 10.2. The molecule has 0 radical (unpaired) electrons. The summed E-state index contributed by atoms with van der Waals surface area (Å²) in [6.07, 6.45) is 0.890. The zero-order chi connectivity index (χ0) is 21.6. The zero-order valence-electron chi connectivity index (χ0n) is 17.4. The van der Waals surface area contributed by atoms with Crippen LogP contribution < -0.4 is 5.32 Å². The van der Waals surface area contributed by atoms with Crippen LogP contribution in [0.5, 0.6) is 0 Å². The molecule has 2 amide bonds. The molecule has 2 fully saturated rings. The average Bonchev–Trinajstić information content (AvgIpc) is 2.78. The summed E-state index contributed by atoms with van der Waals surface area (Å²) in [6.45, 7) is 6.28. The Bertz CT molecular complexity index is 847. The molecule has 2 aliphatic rings. The second-order valence-corrected chi connectivity index (χ2v) is 9.34. The molecule has 0 aromatic heterocycles. The number of carbonyl (C=O) groups is 2. The Morgan fingerprint density at radius 1 is 1.03 bits per heavy atom. The fourth-order valence-corrected chi connectivity index (χ4v) is 5.19. The van der Waals surface area contributed by atoms with E-state index in [1.165, 1.54) is 10.4 Å². The van der Waals surface area contributed by atoms with E-state index >= 15 is 0 Å². The molecule has 0 bridgehead atoms. The monoisotopic (exact) mass is 438 g/mol. The Labute approximate surface area is 178 Å². The molecule has 2 heterocycles. The molecule has 2 saturated heterocycles. The van der Waals surface area contributed by atoms with Crippen LogP contribution in [-0.2, 0) is 19.6 Å². The first-order valence-electron chi connectivity index (χ1n) is 10.4. The van der Waals surface area contributed by atoms with Gasteiger partial charge in [-0.3, -0.25) is 14.5 Å². The third kappa shape index (κ3) is 5.37. The van der Waals surface area contributed by atoms with Crippen molar-refractivity contribution in [3.05, 3.63) is 29.8 Å².